The van der Waals surface area contributed by atoms with Gasteiger partial charge in [0, 0.05) is 5.57 Å². The van der Waals surface area contributed by atoms with Crippen molar-refractivity contribution in [2.75, 3.05) is 6.79 Å². The van der Waals surface area contributed by atoms with E-state index in [-0.39, 0.29) is 12.4 Å². The van der Waals surface area contributed by atoms with Crippen molar-refractivity contribution in [2.24, 2.45) is 0 Å². The molecule has 3 aromatic rings. The van der Waals surface area contributed by atoms with E-state index in [4.69, 9.17) is 18.9 Å². The topological polar surface area (TPSA) is 88.1 Å². The van der Waals surface area contributed by atoms with Gasteiger partial charge in [0.15, 0.2) is 0 Å². The number of rotatable bonds is 8. The molecule has 0 radical (unpaired) electrons. The Bertz CT molecular complexity index is 1170. The molecule has 0 fully saturated rings. The largest absolute Gasteiger partial charge is 0.457 e. The summed E-state index contributed by atoms with van der Waals surface area (Å²) in [5.74, 6) is -0.488. The summed E-state index contributed by atoms with van der Waals surface area (Å²) in [5.41, 5.74) is 1.65. The maximum Gasteiger partial charge on any atom is 0.343 e. The first-order chi connectivity index (χ1) is 15.8. The first kappa shape index (κ1) is 23.3. The van der Waals surface area contributed by atoms with Crippen molar-refractivity contribution < 1.29 is 33.3 Å². The number of hydrogen-bond acceptors (Lipinski definition) is 7. The maximum atomic E-state index is 12.4. The van der Waals surface area contributed by atoms with Crippen LogP contribution in [0.15, 0.2) is 84.9 Å². The van der Waals surface area contributed by atoms with Crippen LogP contribution in [0.3, 0.4) is 0 Å². The molecule has 168 valence electrons. The number of hydrogen-bond donors (Lipinski definition) is 0. The Morgan fingerprint density at radius 3 is 2.03 bits per heavy atom. The highest BCUT2D eigenvalue weighted by molar-refractivity contribution is 5.92. The van der Waals surface area contributed by atoms with Crippen molar-refractivity contribution >= 4 is 17.9 Å². The Morgan fingerprint density at radius 1 is 0.788 bits per heavy atom. The predicted molar refractivity (Wildman–Crippen MR) is 120 cm³/mol. The van der Waals surface area contributed by atoms with Gasteiger partial charge in [0.1, 0.15) is 17.2 Å². The van der Waals surface area contributed by atoms with Crippen molar-refractivity contribution in [2.45, 2.75) is 13.8 Å². The van der Waals surface area contributed by atoms with Crippen molar-refractivity contribution in [3.63, 3.8) is 0 Å². The molecule has 0 saturated heterocycles. The van der Waals surface area contributed by atoms with Crippen LogP contribution in [0, 0.1) is 6.92 Å². The summed E-state index contributed by atoms with van der Waals surface area (Å²) >= 11 is 0. The molecule has 0 amide bonds. The van der Waals surface area contributed by atoms with E-state index in [1.165, 1.54) is 19.1 Å². The lowest BCUT2D eigenvalue weighted by molar-refractivity contribution is -0.145. The Balaban J connectivity index is 1.56. The number of carbonyl (C=O) groups is 3. The molecule has 0 bridgehead atoms. The molecule has 0 aliphatic heterocycles. The van der Waals surface area contributed by atoms with Gasteiger partial charge in [-0.15, -0.1) is 0 Å². The van der Waals surface area contributed by atoms with E-state index in [0.717, 1.165) is 0 Å². The fourth-order valence-corrected chi connectivity index (χ4v) is 2.66. The molecule has 3 rings (SSSR count). The highest BCUT2D eigenvalue weighted by Gasteiger charge is 2.13. The fourth-order valence-electron chi connectivity index (χ4n) is 2.66. The van der Waals surface area contributed by atoms with Crippen LogP contribution in [-0.4, -0.2) is 24.7 Å². The number of carbonyl (C=O) groups excluding carboxylic acids is 3. The summed E-state index contributed by atoms with van der Waals surface area (Å²) in [6, 6.07) is 19.6. The molecule has 0 N–H and O–H groups in total. The normalized spacial score (nSPS) is 10.1. The number of benzene rings is 3. The van der Waals surface area contributed by atoms with E-state index in [0.29, 0.717) is 33.9 Å². The standard InChI is InChI=1S/C26H22O7/c1-17(2)24(27)31-16-30-21-11-9-20(10-12-21)25(28)32-22-13-14-23(18(3)15-22)33-26(29)19-7-5-4-6-8-19/h4-15H,1,16H2,2-3H3. The molecule has 0 aromatic heterocycles. The average Bonchev–Trinajstić information content (AvgIpc) is 2.81. The van der Waals surface area contributed by atoms with Crippen molar-refractivity contribution in [3.05, 3.63) is 102 Å². The van der Waals surface area contributed by atoms with Gasteiger partial charge in [-0.05, 0) is 74.0 Å². The van der Waals surface area contributed by atoms with Gasteiger partial charge in [-0.2, -0.15) is 0 Å². The molecule has 0 saturated carbocycles. The summed E-state index contributed by atoms with van der Waals surface area (Å²) in [7, 11) is 0. The lowest BCUT2D eigenvalue weighted by Gasteiger charge is -2.10. The molecular formula is C26H22O7. The third-order valence-corrected chi connectivity index (χ3v) is 4.42. The second-order valence-corrected chi connectivity index (χ2v) is 7.07. The molecule has 3 aromatic carbocycles. The van der Waals surface area contributed by atoms with Crippen LogP contribution >= 0.6 is 0 Å². The Labute approximate surface area is 191 Å². The summed E-state index contributed by atoms with van der Waals surface area (Å²) in [6.07, 6.45) is 0. The van der Waals surface area contributed by atoms with Crippen LogP contribution in [-0.2, 0) is 9.53 Å². The van der Waals surface area contributed by atoms with Crippen molar-refractivity contribution in [3.8, 4) is 17.2 Å². The van der Waals surface area contributed by atoms with Gasteiger partial charge in [0.2, 0.25) is 6.79 Å². The van der Waals surface area contributed by atoms with E-state index in [1.54, 1.807) is 61.5 Å². The van der Waals surface area contributed by atoms with E-state index in [2.05, 4.69) is 6.58 Å². The van der Waals surface area contributed by atoms with E-state index in [9.17, 15) is 14.4 Å². The molecule has 7 nitrogen and oxygen atoms in total. The maximum absolute atomic E-state index is 12.4. The summed E-state index contributed by atoms with van der Waals surface area (Å²) < 4.78 is 21.0. The molecule has 0 aliphatic rings. The first-order valence-corrected chi connectivity index (χ1v) is 9.99. The predicted octanol–water partition coefficient (Wildman–Crippen LogP) is 4.89. The van der Waals surface area contributed by atoms with Gasteiger partial charge in [-0.3, -0.25) is 0 Å². The molecule has 0 unspecified atom stereocenters. The molecule has 33 heavy (non-hydrogen) atoms. The Kier molecular flexibility index (Phi) is 7.60. The second-order valence-electron chi connectivity index (χ2n) is 7.07. The Morgan fingerprint density at radius 2 is 1.39 bits per heavy atom. The van der Waals surface area contributed by atoms with Crippen LogP contribution < -0.4 is 14.2 Å². The minimum atomic E-state index is -0.566. The van der Waals surface area contributed by atoms with Gasteiger partial charge in [0.05, 0.1) is 11.1 Å². The fraction of sp³-hybridized carbons (Fsp3) is 0.115. The SMILES string of the molecule is C=C(C)C(=O)OCOc1ccc(C(=O)Oc2ccc(OC(=O)c3ccccc3)c(C)c2)cc1. The molecule has 0 atom stereocenters. The third-order valence-electron chi connectivity index (χ3n) is 4.42. The number of ether oxygens (including phenoxy) is 4. The monoisotopic (exact) mass is 446 g/mol. The van der Waals surface area contributed by atoms with E-state index < -0.39 is 17.9 Å². The third kappa shape index (κ3) is 6.54. The zero-order chi connectivity index (χ0) is 23.8. The first-order valence-electron chi connectivity index (χ1n) is 9.99. The minimum Gasteiger partial charge on any atom is -0.457 e. The summed E-state index contributed by atoms with van der Waals surface area (Å²) in [6.45, 7) is 6.49. The van der Waals surface area contributed by atoms with Gasteiger partial charge >= 0.3 is 17.9 Å². The Hall–Kier alpha value is -4.39. The van der Waals surface area contributed by atoms with E-state index >= 15 is 0 Å². The molecule has 7 heteroatoms. The zero-order valence-corrected chi connectivity index (χ0v) is 18.2. The second kappa shape index (κ2) is 10.8. The number of aryl methyl sites for hydroxylation is 1. The lowest BCUT2D eigenvalue weighted by Crippen LogP contribution is -2.11. The van der Waals surface area contributed by atoms with Gasteiger partial charge < -0.3 is 18.9 Å². The smallest absolute Gasteiger partial charge is 0.343 e. The van der Waals surface area contributed by atoms with Crippen LogP contribution in [0.4, 0.5) is 0 Å². The van der Waals surface area contributed by atoms with Crippen LogP contribution in [0.2, 0.25) is 0 Å². The van der Waals surface area contributed by atoms with Crippen LogP contribution in [0.25, 0.3) is 0 Å². The van der Waals surface area contributed by atoms with Crippen LogP contribution in [0.5, 0.6) is 17.2 Å². The molecule has 0 heterocycles. The zero-order valence-electron chi connectivity index (χ0n) is 18.2. The van der Waals surface area contributed by atoms with Crippen LogP contribution in [0.1, 0.15) is 33.2 Å². The van der Waals surface area contributed by atoms with Gasteiger partial charge in [0.25, 0.3) is 0 Å². The molecule has 0 aliphatic carbocycles. The summed E-state index contributed by atoms with van der Waals surface area (Å²) in [4.78, 5) is 36.0. The van der Waals surface area contributed by atoms with Crippen molar-refractivity contribution in [1.82, 2.24) is 0 Å². The van der Waals surface area contributed by atoms with Crippen molar-refractivity contribution in [1.29, 1.82) is 0 Å². The highest BCUT2D eigenvalue weighted by atomic mass is 16.7. The lowest BCUT2D eigenvalue weighted by atomic mass is 10.2. The van der Waals surface area contributed by atoms with E-state index in [1.807, 2.05) is 6.07 Å². The summed E-state index contributed by atoms with van der Waals surface area (Å²) in [5, 5.41) is 0. The van der Waals surface area contributed by atoms with Gasteiger partial charge in [-0.25, -0.2) is 14.4 Å². The molecular weight excluding hydrogens is 424 g/mol. The number of esters is 3. The minimum absolute atomic E-state index is 0.268. The quantitative estimate of drug-likeness (QED) is 0.211. The molecule has 0 spiro atoms. The van der Waals surface area contributed by atoms with Gasteiger partial charge in [-0.1, -0.05) is 24.8 Å². The highest BCUT2D eigenvalue weighted by Crippen LogP contribution is 2.25. The average molecular weight is 446 g/mol.